The molecule has 10 heavy (non-hydrogen) atoms. The van der Waals surface area contributed by atoms with Crippen LogP contribution in [0, 0.1) is 0 Å². The van der Waals surface area contributed by atoms with E-state index in [0.717, 1.165) is 0 Å². The van der Waals surface area contributed by atoms with Crippen LogP contribution in [0.4, 0.5) is 0 Å². The summed E-state index contributed by atoms with van der Waals surface area (Å²) < 4.78 is 0. The zero-order chi connectivity index (χ0) is 8.31. The summed E-state index contributed by atoms with van der Waals surface area (Å²) in [6.45, 7) is 5.86. The minimum atomic E-state index is -0.267. The molecule has 0 heterocycles. The molecule has 0 aromatic rings. The van der Waals surface area contributed by atoms with E-state index in [0.29, 0.717) is 6.04 Å². The van der Waals surface area contributed by atoms with Crippen LogP contribution in [0.1, 0.15) is 20.8 Å². The van der Waals surface area contributed by atoms with Crippen molar-refractivity contribution in [1.29, 1.82) is 0 Å². The first kappa shape index (κ1) is 9.43. The minimum Gasteiger partial charge on any atom is -0.368 e. The van der Waals surface area contributed by atoms with Gasteiger partial charge in [0.15, 0.2) is 0 Å². The fourth-order valence-electron chi connectivity index (χ4n) is 0.648. The smallest absolute Gasteiger partial charge is 0.234 e. The van der Waals surface area contributed by atoms with Gasteiger partial charge in [0.05, 0.1) is 6.04 Å². The molecule has 0 spiro atoms. The van der Waals surface area contributed by atoms with Crippen LogP contribution in [0.5, 0.6) is 0 Å². The van der Waals surface area contributed by atoms with Crippen molar-refractivity contribution in [3.8, 4) is 0 Å². The standard InChI is InChI=1S/C7H16N2O/c1-5(2)9(4)6(3)7(8)10/h5-6H,1-4H3,(H2,8,10)/t6-/m1/s1. The van der Waals surface area contributed by atoms with Gasteiger partial charge in [-0.15, -0.1) is 0 Å². The number of carbonyl (C=O) groups is 1. The van der Waals surface area contributed by atoms with Crippen LogP contribution in [0.2, 0.25) is 0 Å². The minimum absolute atomic E-state index is 0.167. The molecule has 0 aliphatic carbocycles. The fraction of sp³-hybridized carbons (Fsp3) is 0.857. The number of nitrogens with zero attached hydrogens (tertiary/aromatic N) is 1. The third-order valence-electron chi connectivity index (χ3n) is 1.84. The van der Waals surface area contributed by atoms with E-state index >= 15 is 0 Å². The van der Waals surface area contributed by atoms with Crippen LogP contribution >= 0.6 is 0 Å². The van der Waals surface area contributed by atoms with Crippen molar-refractivity contribution in [2.24, 2.45) is 5.73 Å². The quantitative estimate of drug-likeness (QED) is 0.615. The maximum atomic E-state index is 10.6. The normalized spacial score (nSPS) is 14.2. The van der Waals surface area contributed by atoms with Crippen LogP contribution in [-0.2, 0) is 4.79 Å². The molecule has 0 aliphatic heterocycles. The van der Waals surface area contributed by atoms with Gasteiger partial charge in [0.25, 0.3) is 0 Å². The van der Waals surface area contributed by atoms with E-state index in [1.54, 1.807) is 0 Å². The van der Waals surface area contributed by atoms with Gasteiger partial charge in [-0.3, -0.25) is 9.69 Å². The number of hydrogen-bond acceptors (Lipinski definition) is 2. The van der Waals surface area contributed by atoms with Crippen LogP contribution in [0.25, 0.3) is 0 Å². The van der Waals surface area contributed by atoms with Crippen molar-refractivity contribution in [2.75, 3.05) is 7.05 Å². The van der Waals surface area contributed by atoms with Crippen LogP contribution in [-0.4, -0.2) is 29.9 Å². The average Bonchev–Trinajstić information content (AvgIpc) is 1.84. The maximum absolute atomic E-state index is 10.6. The lowest BCUT2D eigenvalue weighted by atomic mass is 10.2. The number of nitrogens with two attached hydrogens (primary N) is 1. The molecule has 3 heteroatoms. The predicted molar refractivity (Wildman–Crippen MR) is 41.6 cm³/mol. The third kappa shape index (κ3) is 2.35. The molecule has 0 saturated carbocycles. The Kier molecular flexibility index (Phi) is 3.36. The summed E-state index contributed by atoms with van der Waals surface area (Å²) in [4.78, 5) is 12.6. The lowest BCUT2D eigenvalue weighted by Gasteiger charge is -2.25. The Balaban J connectivity index is 3.94. The highest BCUT2D eigenvalue weighted by molar-refractivity contribution is 5.79. The van der Waals surface area contributed by atoms with Crippen molar-refractivity contribution < 1.29 is 4.79 Å². The van der Waals surface area contributed by atoms with Gasteiger partial charge in [0, 0.05) is 6.04 Å². The topological polar surface area (TPSA) is 46.3 Å². The molecule has 0 bridgehead atoms. The van der Waals surface area contributed by atoms with Crippen molar-refractivity contribution in [2.45, 2.75) is 32.9 Å². The van der Waals surface area contributed by atoms with E-state index < -0.39 is 0 Å². The Morgan fingerprint density at radius 2 is 1.80 bits per heavy atom. The Hall–Kier alpha value is -0.570. The molecule has 0 aromatic carbocycles. The van der Waals surface area contributed by atoms with E-state index in [2.05, 4.69) is 0 Å². The van der Waals surface area contributed by atoms with Crippen LogP contribution < -0.4 is 5.73 Å². The Morgan fingerprint density at radius 1 is 1.40 bits per heavy atom. The second-order valence-electron chi connectivity index (χ2n) is 2.84. The van der Waals surface area contributed by atoms with E-state index in [1.807, 2.05) is 32.7 Å². The molecule has 1 amide bonds. The molecule has 3 nitrogen and oxygen atoms in total. The van der Waals surface area contributed by atoms with Crippen molar-refractivity contribution in [1.82, 2.24) is 4.90 Å². The molecule has 1 atom stereocenters. The number of likely N-dealkylation sites (N-methyl/N-ethyl adjacent to an activating group) is 1. The molecule has 60 valence electrons. The maximum Gasteiger partial charge on any atom is 0.234 e. The average molecular weight is 144 g/mol. The van der Waals surface area contributed by atoms with Gasteiger partial charge < -0.3 is 5.73 Å². The highest BCUT2D eigenvalue weighted by Gasteiger charge is 2.16. The third-order valence-corrected chi connectivity index (χ3v) is 1.84. The lowest BCUT2D eigenvalue weighted by Crippen LogP contribution is -2.43. The van der Waals surface area contributed by atoms with E-state index in [1.165, 1.54) is 0 Å². The molecule has 0 radical (unpaired) electrons. The Bertz CT molecular complexity index is 123. The van der Waals surface area contributed by atoms with Gasteiger partial charge in [-0.05, 0) is 27.8 Å². The molecule has 0 rings (SSSR count). The van der Waals surface area contributed by atoms with Gasteiger partial charge in [-0.25, -0.2) is 0 Å². The highest BCUT2D eigenvalue weighted by atomic mass is 16.1. The summed E-state index contributed by atoms with van der Waals surface area (Å²) in [5.74, 6) is -0.267. The molecule has 0 aliphatic rings. The fourth-order valence-corrected chi connectivity index (χ4v) is 0.648. The molecule has 2 N–H and O–H groups in total. The number of amides is 1. The van der Waals surface area contributed by atoms with Gasteiger partial charge in [-0.2, -0.15) is 0 Å². The Labute approximate surface area is 62.2 Å². The molecule has 0 aromatic heterocycles. The van der Waals surface area contributed by atoms with Gasteiger partial charge in [-0.1, -0.05) is 0 Å². The number of carbonyl (C=O) groups excluding carboxylic acids is 1. The highest BCUT2D eigenvalue weighted by Crippen LogP contribution is 1.99. The monoisotopic (exact) mass is 144 g/mol. The molecule has 0 fully saturated rings. The van der Waals surface area contributed by atoms with Crippen molar-refractivity contribution in [3.63, 3.8) is 0 Å². The zero-order valence-corrected chi connectivity index (χ0v) is 7.09. The summed E-state index contributed by atoms with van der Waals surface area (Å²) in [5.41, 5.74) is 5.09. The first-order valence-corrected chi connectivity index (χ1v) is 3.48. The summed E-state index contributed by atoms with van der Waals surface area (Å²) >= 11 is 0. The molecular weight excluding hydrogens is 128 g/mol. The summed E-state index contributed by atoms with van der Waals surface area (Å²) in [6, 6.07) is 0.197. The molecule has 0 saturated heterocycles. The Morgan fingerprint density at radius 3 is 1.90 bits per heavy atom. The molecule has 0 unspecified atom stereocenters. The number of hydrogen-bond donors (Lipinski definition) is 1. The summed E-state index contributed by atoms with van der Waals surface area (Å²) in [6.07, 6.45) is 0. The van der Waals surface area contributed by atoms with Crippen LogP contribution in [0.3, 0.4) is 0 Å². The first-order chi connectivity index (χ1) is 4.46. The van der Waals surface area contributed by atoms with Gasteiger partial charge in [0.2, 0.25) is 5.91 Å². The number of primary amides is 1. The SMILES string of the molecule is CC(C)N(C)[C@H](C)C(N)=O. The van der Waals surface area contributed by atoms with Crippen molar-refractivity contribution in [3.05, 3.63) is 0 Å². The second kappa shape index (κ2) is 3.56. The van der Waals surface area contributed by atoms with Crippen molar-refractivity contribution >= 4 is 5.91 Å². The lowest BCUT2D eigenvalue weighted by molar-refractivity contribution is -0.122. The van der Waals surface area contributed by atoms with Gasteiger partial charge in [0.1, 0.15) is 0 Å². The largest absolute Gasteiger partial charge is 0.368 e. The second-order valence-corrected chi connectivity index (χ2v) is 2.84. The summed E-state index contributed by atoms with van der Waals surface area (Å²) in [7, 11) is 1.89. The van der Waals surface area contributed by atoms with E-state index in [9.17, 15) is 4.79 Å². The molecular formula is C7H16N2O. The van der Waals surface area contributed by atoms with E-state index in [4.69, 9.17) is 5.73 Å². The van der Waals surface area contributed by atoms with E-state index in [-0.39, 0.29) is 11.9 Å². The van der Waals surface area contributed by atoms with Gasteiger partial charge >= 0.3 is 0 Å². The zero-order valence-electron chi connectivity index (χ0n) is 7.09. The predicted octanol–water partition coefficient (Wildman–Crippen LogP) is 0.200. The number of rotatable bonds is 3. The summed E-state index contributed by atoms with van der Waals surface area (Å²) in [5, 5.41) is 0. The van der Waals surface area contributed by atoms with Crippen LogP contribution in [0.15, 0.2) is 0 Å². The first-order valence-electron chi connectivity index (χ1n) is 3.48.